The minimum absolute atomic E-state index is 0.368. The molecule has 3 heteroatoms. The van der Waals surface area contributed by atoms with Gasteiger partial charge in [-0.15, -0.1) is 10.5 Å². The number of carbonyl (C=O) groups is 1. The standard InChI is InChI=1S/C16H15O2S/c1-2-18-16(17)13-19(14-9-5-3-6-10-14)15-11-7-4-8-12-15/h3-12H,2H2,1H3. The van der Waals surface area contributed by atoms with Gasteiger partial charge in [-0.05, 0) is 31.2 Å². The molecule has 1 radical (unpaired) electrons. The van der Waals surface area contributed by atoms with Crippen LogP contribution in [0, 0.1) is 0 Å². The summed E-state index contributed by atoms with van der Waals surface area (Å²) in [6.07, 6.45) is 0. The SMILES string of the molecule is CCOC(=O)[C]=S(c1ccccc1)c1ccccc1. The van der Waals surface area contributed by atoms with Gasteiger partial charge in [-0.25, -0.2) is 4.79 Å². The molecule has 0 spiro atoms. The van der Waals surface area contributed by atoms with Crippen LogP contribution in [-0.2, 0) is 9.53 Å². The van der Waals surface area contributed by atoms with Crippen LogP contribution < -0.4 is 0 Å². The van der Waals surface area contributed by atoms with E-state index in [4.69, 9.17) is 4.74 Å². The summed E-state index contributed by atoms with van der Waals surface area (Å²) < 4.78 is 4.97. The predicted molar refractivity (Wildman–Crippen MR) is 78.6 cm³/mol. The molecule has 97 valence electrons. The number of esters is 1. The Kier molecular flexibility index (Phi) is 4.93. The van der Waals surface area contributed by atoms with Crippen molar-refractivity contribution in [3.8, 4) is 0 Å². The Labute approximate surface area is 116 Å². The topological polar surface area (TPSA) is 26.3 Å². The highest BCUT2D eigenvalue weighted by molar-refractivity contribution is 8.16. The zero-order chi connectivity index (χ0) is 13.5. The lowest BCUT2D eigenvalue weighted by Gasteiger charge is -2.09. The quantitative estimate of drug-likeness (QED) is 0.627. The molecular weight excluding hydrogens is 256 g/mol. The minimum Gasteiger partial charge on any atom is -0.462 e. The van der Waals surface area contributed by atoms with E-state index in [1.54, 1.807) is 6.92 Å². The first-order valence-electron chi connectivity index (χ1n) is 6.09. The summed E-state index contributed by atoms with van der Waals surface area (Å²) in [6.45, 7) is 2.16. The fraction of sp³-hybridized carbons (Fsp3) is 0.125. The highest BCUT2D eigenvalue weighted by Gasteiger charge is 2.07. The molecule has 0 aliphatic carbocycles. The summed E-state index contributed by atoms with van der Waals surface area (Å²) in [6, 6.07) is 19.8. The van der Waals surface area contributed by atoms with Crippen molar-refractivity contribution in [1.82, 2.24) is 0 Å². The Morgan fingerprint density at radius 3 is 1.89 bits per heavy atom. The molecule has 0 fully saturated rings. The summed E-state index contributed by atoms with van der Waals surface area (Å²) in [5, 5.41) is 2.92. The second kappa shape index (κ2) is 6.90. The Hall–Kier alpha value is -1.87. The van der Waals surface area contributed by atoms with Crippen molar-refractivity contribution in [2.24, 2.45) is 0 Å². The van der Waals surface area contributed by atoms with Gasteiger partial charge in [0.15, 0.2) is 0 Å². The fourth-order valence-electron chi connectivity index (χ4n) is 1.61. The Morgan fingerprint density at radius 2 is 1.47 bits per heavy atom. The number of benzene rings is 2. The van der Waals surface area contributed by atoms with Crippen molar-refractivity contribution in [2.75, 3.05) is 6.61 Å². The van der Waals surface area contributed by atoms with Gasteiger partial charge in [0.25, 0.3) is 0 Å². The smallest absolute Gasteiger partial charge is 0.345 e. The first-order valence-corrected chi connectivity index (χ1v) is 7.31. The van der Waals surface area contributed by atoms with Crippen LogP contribution >= 0.6 is 10.5 Å². The molecule has 0 bridgehead atoms. The van der Waals surface area contributed by atoms with Gasteiger partial charge in [0.1, 0.15) is 5.37 Å². The average molecular weight is 271 g/mol. The molecule has 0 unspecified atom stereocenters. The third-order valence-corrected chi connectivity index (χ3v) is 4.28. The molecule has 2 aromatic carbocycles. The van der Waals surface area contributed by atoms with Gasteiger partial charge >= 0.3 is 5.97 Å². The maximum atomic E-state index is 11.7. The molecule has 2 aromatic rings. The van der Waals surface area contributed by atoms with Gasteiger partial charge in [-0.2, -0.15) is 0 Å². The monoisotopic (exact) mass is 271 g/mol. The van der Waals surface area contributed by atoms with Crippen LogP contribution in [-0.4, -0.2) is 17.9 Å². The second-order valence-corrected chi connectivity index (χ2v) is 5.51. The van der Waals surface area contributed by atoms with E-state index in [1.807, 2.05) is 60.7 Å². The van der Waals surface area contributed by atoms with Gasteiger partial charge in [-0.3, -0.25) is 0 Å². The van der Waals surface area contributed by atoms with E-state index < -0.39 is 16.5 Å². The zero-order valence-corrected chi connectivity index (χ0v) is 11.5. The Morgan fingerprint density at radius 1 is 1.00 bits per heavy atom. The second-order valence-electron chi connectivity index (χ2n) is 3.75. The molecule has 19 heavy (non-hydrogen) atoms. The molecule has 0 heterocycles. The molecule has 0 atom stereocenters. The molecule has 0 aliphatic heterocycles. The fourth-order valence-corrected chi connectivity index (χ4v) is 3.20. The average Bonchev–Trinajstić information content (AvgIpc) is 2.47. The van der Waals surface area contributed by atoms with Crippen LogP contribution in [0.5, 0.6) is 0 Å². The number of carbonyl (C=O) groups excluding carboxylic acids is 1. The predicted octanol–water partition coefficient (Wildman–Crippen LogP) is 3.62. The highest BCUT2D eigenvalue weighted by Crippen LogP contribution is 2.34. The minimum atomic E-state index is -0.507. The Balaban J connectivity index is 2.43. The molecule has 2 nitrogen and oxygen atoms in total. The van der Waals surface area contributed by atoms with Crippen LogP contribution in [0.4, 0.5) is 0 Å². The largest absolute Gasteiger partial charge is 0.462 e. The van der Waals surface area contributed by atoms with Crippen molar-refractivity contribution in [3.05, 3.63) is 60.7 Å². The number of hydrogen-bond acceptors (Lipinski definition) is 2. The third kappa shape index (κ3) is 3.80. The molecular formula is C16H15O2S. The van der Waals surface area contributed by atoms with Crippen molar-refractivity contribution in [3.63, 3.8) is 0 Å². The Bertz CT molecular complexity index is 520. The van der Waals surface area contributed by atoms with Gasteiger partial charge in [0.05, 0.1) is 6.61 Å². The van der Waals surface area contributed by atoms with Crippen LogP contribution in [0.1, 0.15) is 6.92 Å². The maximum Gasteiger partial charge on any atom is 0.345 e. The summed E-state index contributed by atoms with van der Waals surface area (Å²) in [5.41, 5.74) is 0. The van der Waals surface area contributed by atoms with E-state index in [0.717, 1.165) is 9.79 Å². The first kappa shape index (κ1) is 13.6. The lowest BCUT2D eigenvalue weighted by molar-refractivity contribution is -0.134. The van der Waals surface area contributed by atoms with E-state index in [0.29, 0.717) is 6.61 Å². The van der Waals surface area contributed by atoms with Gasteiger partial charge in [0.2, 0.25) is 0 Å². The third-order valence-electron chi connectivity index (χ3n) is 2.42. The van der Waals surface area contributed by atoms with E-state index >= 15 is 0 Å². The molecule has 0 N–H and O–H groups in total. The van der Waals surface area contributed by atoms with Crippen molar-refractivity contribution in [1.29, 1.82) is 0 Å². The normalized spacial score (nSPS) is 10.2. The van der Waals surface area contributed by atoms with Crippen LogP contribution in [0.25, 0.3) is 0 Å². The van der Waals surface area contributed by atoms with Gasteiger partial charge < -0.3 is 4.74 Å². The number of ether oxygens (including phenoxy) is 1. The first-order chi connectivity index (χ1) is 9.31. The van der Waals surface area contributed by atoms with Crippen molar-refractivity contribution >= 4 is 21.8 Å². The van der Waals surface area contributed by atoms with E-state index in [1.165, 1.54) is 0 Å². The molecule has 0 aromatic heterocycles. The number of rotatable bonds is 4. The van der Waals surface area contributed by atoms with Crippen LogP contribution in [0.3, 0.4) is 0 Å². The molecule has 0 aliphatic rings. The van der Waals surface area contributed by atoms with E-state index in [9.17, 15) is 4.79 Å². The van der Waals surface area contributed by atoms with Crippen LogP contribution in [0.15, 0.2) is 70.5 Å². The summed E-state index contributed by atoms with van der Waals surface area (Å²) in [4.78, 5) is 13.8. The van der Waals surface area contributed by atoms with Gasteiger partial charge in [0, 0.05) is 9.79 Å². The molecule has 0 amide bonds. The van der Waals surface area contributed by atoms with Crippen molar-refractivity contribution < 1.29 is 9.53 Å². The maximum absolute atomic E-state index is 11.7. The summed E-state index contributed by atoms with van der Waals surface area (Å²) >= 11 is 0. The van der Waals surface area contributed by atoms with E-state index in [-0.39, 0.29) is 0 Å². The zero-order valence-electron chi connectivity index (χ0n) is 10.7. The summed E-state index contributed by atoms with van der Waals surface area (Å²) in [5.74, 6) is -0.390. The van der Waals surface area contributed by atoms with Crippen molar-refractivity contribution in [2.45, 2.75) is 16.7 Å². The molecule has 0 saturated heterocycles. The lowest BCUT2D eigenvalue weighted by atomic mass is 10.4. The lowest BCUT2D eigenvalue weighted by Crippen LogP contribution is -2.05. The molecule has 2 rings (SSSR count). The van der Waals surface area contributed by atoms with Crippen LogP contribution in [0.2, 0.25) is 0 Å². The van der Waals surface area contributed by atoms with E-state index in [2.05, 4.69) is 5.37 Å². The molecule has 0 saturated carbocycles. The summed E-state index contributed by atoms with van der Waals surface area (Å²) in [7, 11) is -0.507. The highest BCUT2D eigenvalue weighted by atomic mass is 32.2. The number of hydrogen-bond donors (Lipinski definition) is 0. The van der Waals surface area contributed by atoms with Gasteiger partial charge in [-0.1, -0.05) is 36.4 Å².